The van der Waals surface area contributed by atoms with Gasteiger partial charge in [-0.05, 0) is 38.1 Å². The number of fused-ring (bicyclic) bond motifs is 1. The maximum Gasteiger partial charge on any atom is 0.311 e. The Morgan fingerprint density at radius 1 is 1.15 bits per heavy atom. The van der Waals surface area contributed by atoms with Crippen LogP contribution in [0.4, 0.5) is 0 Å². The predicted molar refractivity (Wildman–Crippen MR) is 102 cm³/mol. The van der Waals surface area contributed by atoms with Gasteiger partial charge in [-0.1, -0.05) is 29.3 Å². The lowest BCUT2D eigenvalue weighted by molar-refractivity contribution is -0.142. The molecule has 2 aromatic heterocycles. The van der Waals surface area contributed by atoms with E-state index in [-0.39, 0.29) is 12.4 Å². The number of nitrogens with zero attached hydrogens (tertiary/aromatic N) is 2. The monoisotopic (exact) mass is 392 g/mol. The van der Waals surface area contributed by atoms with E-state index in [0.29, 0.717) is 40.3 Å². The van der Waals surface area contributed by atoms with Gasteiger partial charge in [0, 0.05) is 11.8 Å². The van der Waals surface area contributed by atoms with Crippen molar-refractivity contribution >= 4 is 34.8 Å². The van der Waals surface area contributed by atoms with Gasteiger partial charge in [0.25, 0.3) is 0 Å². The van der Waals surface area contributed by atoms with E-state index in [2.05, 4.69) is 4.98 Å². The predicted octanol–water partition coefficient (Wildman–Crippen LogP) is 4.81. The molecule has 0 radical (unpaired) electrons. The SMILES string of the molecule is CCOC(=O)Cc1cn2c(-c3cc(OCC)c(Cl)cc3Cl)cccc2n1. The van der Waals surface area contributed by atoms with E-state index in [9.17, 15) is 4.79 Å². The third-order valence-corrected chi connectivity index (χ3v) is 4.38. The van der Waals surface area contributed by atoms with Crippen LogP contribution in [0.2, 0.25) is 10.0 Å². The van der Waals surface area contributed by atoms with Crippen LogP contribution in [0.25, 0.3) is 16.9 Å². The smallest absolute Gasteiger partial charge is 0.311 e. The Labute approximate surface area is 161 Å². The Hall–Kier alpha value is -2.24. The minimum absolute atomic E-state index is 0.119. The quantitative estimate of drug-likeness (QED) is 0.564. The molecule has 0 spiro atoms. The Bertz CT molecular complexity index is 953. The molecule has 0 bridgehead atoms. The molecular weight excluding hydrogens is 375 g/mol. The second-order valence-electron chi connectivity index (χ2n) is 5.55. The number of carbonyl (C=O) groups is 1. The van der Waals surface area contributed by atoms with Crippen LogP contribution in [0.15, 0.2) is 36.5 Å². The van der Waals surface area contributed by atoms with Crippen LogP contribution in [-0.4, -0.2) is 28.6 Å². The maximum absolute atomic E-state index is 11.7. The van der Waals surface area contributed by atoms with Crippen LogP contribution in [0.3, 0.4) is 0 Å². The maximum atomic E-state index is 11.7. The number of ether oxygens (including phenoxy) is 2. The molecule has 136 valence electrons. The number of hydrogen-bond acceptors (Lipinski definition) is 4. The topological polar surface area (TPSA) is 52.8 Å². The van der Waals surface area contributed by atoms with E-state index < -0.39 is 0 Å². The Balaban J connectivity index is 2.07. The number of aromatic nitrogens is 2. The molecule has 3 aromatic rings. The van der Waals surface area contributed by atoms with Crippen molar-refractivity contribution in [2.45, 2.75) is 20.3 Å². The van der Waals surface area contributed by atoms with Crippen molar-refractivity contribution in [2.24, 2.45) is 0 Å². The summed E-state index contributed by atoms with van der Waals surface area (Å²) in [5.74, 6) is 0.262. The summed E-state index contributed by atoms with van der Waals surface area (Å²) in [6, 6.07) is 9.16. The minimum atomic E-state index is -0.305. The van der Waals surface area contributed by atoms with Crippen LogP contribution in [0.5, 0.6) is 5.75 Å². The summed E-state index contributed by atoms with van der Waals surface area (Å²) in [4.78, 5) is 16.2. The van der Waals surface area contributed by atoms with E-state index in [1.54, 1.807) is 13.0 Å². The van der Waals surface area contributed by atoms with Gasteiger partial charge < -0.3 is 9.47 Å². The Morgan fingerprint density at radius 2 is 1.96 bits per heavy atom. The normalized spacial score (nSPS) is 10.9. The molecule has 1 aromatic carbocycles. The molecule has 0 saturated carbocycles. The molecule has 0 unspecified atom stereocenters. The van der Waals surface area contributed by atoms with Crippen molar-refractivity contribution in [1.82, 2.24) is 9.38 Å². The lowest BCUT2D eigenvalue weighted by atomic mass is 10.1. The number of benzene rings is 1. The zero-order valence-electron chi connectivity index (χ0n) is 14.5. The standard InChI is InChI=1S/C19H18Cl2N2O3/c1-3-25-17-9-13(14(20)10-15(17)21)16-6-5-7-18-22-12(11-23(16)18)8-19(24)26-4-2/h5-7,9-11H,3-4,8H2,1-2H3. The van der Waals surface area contributed by atoms with Crippen molar-refractivity contribution in [2.75, 3.05) is 13.2 Å². The number of halogens is 2. The van der Waals surface area contributed by atoms with Gasteiger partial charge in [0.15, 0.2) is 0 Å². The van der Waals surface area contributed by atoms with Gasteiger partial charge in [-0.25, -0.2) is 4.98 Å². The first-order chi connectivity index (χ1) is 12.5. The Morgan fingerprint density at radius 3 is 2.69 bits per heavy atom. The lowest BCUT2D eigenvalue weighted by Crippen LogP contribution is -2.07. The number of rotatable bonds is 6. The first-order valence-electron chi connectivity index (χ1n) is 8.28. The van der Waals surface area contributed by atoms with Crippen molar-refractivity contribution in [1.29, 1.82) is 0 Å². The van der Waals surface area contributed by atoms with Gasteiger partial charge in [-0.2, -0.15) is 0 Å². The average Bonchev–Trinajstić information content (AvgIpc) is 3.00. The largest absolute Gasteiger partial charge is 0.492 e. The summed E-state index contributed by atoms with van der Waals surface area (Å²) >= 11 is 12.6. The molecule has 3 rings (SSSR count). The highest BCUT2D eigenvalue weighted by atomic mass is 35.5. The van der Waals surface area contributed by atoms with E-state index in [0.717, 1.165) is 11.3 Å². The molecular formula is C19H18Cl2N2O3. The van der Waals surface area contributed by atoms with Crippen molar-refractivity contribution in [3.8, 4) is 17.0 Å². The fourth-order valence-electron chi connectivity index (χ4n) is 2.72. The molecule has 2 heterocycles. The molecule has 7 heteroatoms. The molecule has 5 nitrogen and oxygen atoms in total. The highest BCUT2D eigenvalue weighted by Gasteiger charge is 2.15. The fraction of sp³-hybridized carbons (Fsp3) is 0.263. The van der Waals surface area contributed by atoms with E-state index >= 15 is 0 Å². The van der Waals surface area contributed by atoms with Crippen molar-refractivity contribution in [3.05, 3.63) is 52.3 Å². The van der Waals surface area contributed by atoms with Gasteiger partial charge >= 0.3 is 5.97 Å². The zero-order valence-corrected chi connectivity index (χ0v) is 16.0. The summed E-state index contributed by atoms with van der Waals surface area (Å²) in [5.41, 5.74) is 2.94. The molecule has 0 amide bonds. The van der Waals surface area contributed by atoms with Crippen LogP contribution in [0, 0.1) is 0 Å². The third kappa shape index (κ3) is 3.79. The van der Waals surface area contributed by atoms with Crippen molar-refractivity contribution < 1.29 is 14.3 Å². The second kappa shape index (κ2) is 7.98. The van der Waals surface area contributed by atoms with Gasteiger partial charge in [-0.3, -0.25) is 9.20 Å². The molecule has 0 atom stereocenters. The molecule has 0 fully saturated rings. The van der Waals surface area contributed by atoms with Crippen LogP contribution in [-0.2, 0) is 16.0 Å². The van der Waals surface area contributed by atoms with E-state index in [1.165, 1.54) is 0 Å². The molecule has 0 aliphatic rings. The van der Waals surface area contributed by atoms with Crippen LogP contribution in [0.1, 0.15) is 19.5 Å². The zero-order chi connectivity index (χ0) is 18.7. The minimum Gasteiger partial charge on any atom is -0.492 e. The summed E-state index contributed by atoms with van der Waals surface area (Å²) in [6.45, 7) is 4.51. The number of carbonyl (C=O) groups excluding carboxylic acids is 1. The fourth-order valence-corrected chi connectivity index (χ4v) is 3.25. The Kier molecular flexibility index (Phi) is 5.69. The highest BCUT2D eigenvalue weighted by Crippen LogP contribution is 2.37. The molecule has 0 aliphatic carbocycles. The first-order valence-corrected chi connectivity index (χ1v) is 9.03. The molecule has 26 heavy (non-hydrogen) atoms. The molecule has 0 saturated heterocycles. The van der Waals surface area contributed by atoms with Gasteiger partial charge in [0.1, 0.15) is 11.4 Å². The molecule has 0 N–H and O–H groups in total. The summed E-state index contributed by atoms with van der Waals surface area (Å²) in [7, 11) is 0. The summed E-state index contributed by atoms with van der Waals surface area (Å²) < 4.78 is 12.5. The summed E-state index contributed by atoms with van der Waals surface area (Å²) in [6.07, 6.45) is 1.93. The lowest BCUT2D eigenvalue weighted by Gasteiger charge is -2.12. The van der Waals surface area contributed by atoms with Crippen molar-refractivity contribution in [3.63, 3.8) is 0 Å². The van der Waals surface area contributed by atoms with Gasteiger partial charge in [0.05, 0.1) is 41.1 Å². The van der Waals surface area contributed by atoms with Gasteiger partial charge in [-0.15, -0.1) is 0 Å². The van der Waals surface area contributed by atoms with Crippen LogP contribution >= 0.6 is 23.2 Å². The third-order valence-electron chi connectivity index (χ3n) is 3.77. The van der Waals surface area contributed by atoms with E-state index in [4.69, 9.17) is 32.7 Å². The second-order valence-corrected chi connectivity index (χ2v) is 6.36. The number of esters is 1. The van der Waals surface area contributed by atoms with E-state index in [1.807, 2.05) is 41.8 Å². The first kappa shape index (κ1) is 18.5. The number of imidazole rings is 1. The van der Waals surface area contributed by atoms with Crippen LogP contribution < -0.4 is 4.74 Å². The molecule has 0 aliphatic heterocycles. The number of hydrogen-bond donors (Lipinski definition) is 0. The number of pyridine rings is 1. The summed E-state index contributed by atoms with van der Waals surface area (Å²) in [5, 5.41) is 0.966. The van der Waals surface area contributed by atoms with Gasteiger partial charge in [0.2, 0.25) is 0 Å². The average molecular weight is 393 g/mol. The highest BCUT2D eigenvalue weighted by molar-refractivity contribution is 6.37.